The van der Waals surface area contributed by atoms with Gasteiger partial charge in [0.25, 0.3) is 0 Å². The molecular weight excluding hydrogens is 362 g/mol. The molecule has 0 aliphatic carbocycles. The molecule has 0 aromatic heterocycles. The first-order valence-electron chi connectivity index (χ1n) is 9.82. The van der Waals surface area contributed by atoms with Crippen LogP contribution >= 0.6 is 12.4 Å². The van der Waals surface area contributed by atoms with Crippen molar-refractivity contribution in [1.29, 1.82) is 0 Å². The fourth-order valence-corrected chi connectivity index (χ4v) is 4.21. The van der Waals surface area contributed by atoms with Crippen molar-refractivity contribution < 1.29 is 9.59 Å². The largest absolute Gasteiger partial charge is 0.342 e. The van der Waals surface area contributed by atoms with Gasteiger partial charge in [0, 0.05) is 32.1 Å². The van der Waals surface area contributed by atoms with Crippen LogP contribution in [0.4, 0.5) is 0 Å². The molecule has 2 aliphatic heterocycles. The SMILES string of the molecule is CC1CCCN(C(=O)C2CCN(C(=O)C(C)(N)c3ccccc3)CC2)C1.Cl. The van der Waals surface area contributed by atoms with Crippen LogP contribution in [0.3, 0.4) is 0 Å². The summed E-state index contributed by atoms with van der Waals surface area (Å²) in [5.74, 6) is 0.867. The first-order chi connectivity index (χ1) is 12.4. The highest BCUT2D eigenvalue weighted by molar-refractivity contribution is 5.87. The number of piperidine rings is 2. The highest BCUT2D eigenvalue weighted by Crippen LogP contribution is 2.27. The van der Waals surface area contributed by atoms with E-state index in [0.29, 0.717) is 19.0 Å². The predicted octanol–water partition coefficient (Wildman–Crippen LogP) is 2.78. The number of hydrogen-bond donors (Lipinski definition) is 1. The second kappa shape index (κ2) is 9.07. The van der Waals surface area contributed by atoms with Gasteiger partial charge in [-0.25, -0.2) is 0 Å². The van der Waals surface area contributed by atoms with Crippen LogP contribution in [0.1, 0.15) is 45.1 Å². The highest BCUT2D eigenvalue weighted by atomic mass is 35.5. The van der Waals surface area contributed by atoms with Crippen LogP contribution in [-0.4, -0.2) is 47.8 Å². The molecule has 6 heteroatoms. The Kier molecular flexibility index (Phi) is 7.29. The number of nitrogens with two attached hydrogens (primary N) is 1. The number of halogens is 1. The van der Waals surface area contributed by atoms with E-state index in [1.165, 1.54) is 6.42 Å². The number of amides is 2. The van der Waals surface area contributed by atoms with Gasteiger partial charge in [0.1, 0.15) is 5.54 Å². The van der Waals surface area contributed by atoms with Crippen molar-refractivity contribution in [3.05, 3.63) is 35.9 Å². The Morgan fingerprint density at radius 1 is 1.04 bits per heavy atom. The Morgan fingerprint density at radius 3 is 2.26 bits per heavy atom. The van der Waals surface area contributed by atoms with Crippen molar-refractivity contribution in [2.24, 2.45) is 17.6 Å². The maximum absolute atomic E-state index is 12.9. The third-order valence-electron chi connectivity index (χ3n) is 5.92. The van der Waals surface area contributed by atoms with Gasteiger partial charge < -0.3 is 15.5 Å². The summed E-state index contributed by atoms with van der Waals surface area (Å²) in [4.78, 5) is 29.6. The van der Waals surface area contributed by atoms with Gasteiger partial charge in [-0.2, -0.15) is 0 Å². The molecule has 27 heavy (non-hydrogen) atoms. The van der Waals surface area contributed by atoms with E-state index in [2.05, 4.69) is 6.92 Å². The first kappa shape index (κ1) is 21.7. The summed E-state index contributed by atoms with van der Waals surface area (Å²) in [6.45, 7) is 6.98. The molecule has 5 nitrogen and oxygen atoms in total. The lowest BCUT2D eigenvalue weighted by Gasteiger charge is -2.39. The summed E-state index contributed by atoms with van der Waals surface area (Å²) in [6, 6.07) is 9.51. The molecule has 0 radical (unpaired) electrons. The van der Waals surface area contributed by atoms with E-state index in [1.54, 1.807) is 6.92 Å². The Hall–Kier alpha value is -1.59. The second-order valence-corrected chi connectivity index (χ2v) is 8.17. The average molecular weight is 394 g/mol. The molecule has 2 N–H and O–H groups in total. The van der Waals surface area contributed by atoms with Crippen LogP contribution in [0.5, 0.6) is 0 Å². The van der Waals surface area contributed by atoms with Crippen molar-refractivity contribution >= 4 is 24.2 Å². The maximum atomic E-state index is 12.9. The Morgan fingerprint density at radius 2 is 1.67 bits per heavy atom. The predicted molar refractivity (Wildman–Crippen MR) is 110 cm³/mol. The quantitative estimate of drug-likeness (QED) is 0.858. The molecule has 2 unspecified atom stereocenters. The van der Waals surface area contributed by atoms with E-state index < -0.39 is 5.54 Å². The van der Waals surface area contributed by atoms with Crippen LogP contribution in [0.15, 0.2) is 30.3 Å². The van der Waals surface area contributed by atoms with Crippen molar-refractivity contribution in [2.75, 3.05) is 26.2 Å². The van der Waals surface area contributed by atoms with Gasteiger partial charge in [-0.1, -0.05) is 37.3 Å². The summed E-state index contributed by atoms with van der Waals surface area (Å²) in [7, 11) is 0. The minimum Gasteiger partial charge on any atom is -0.342 e. The third-order valence-corrected chi connectivity index (χ3v) is 5.92. The molecule has 2 amide bonds. The van der Waals surface area contributed by atoms with Gasteiger partial charge in [-0.05, 0) is 44.1 Å². The number of carbonyl (C=O) groups excluding carboxylic acids is 2. The maximum Gasteiger partial charge on any atom is 0.246 e. The van der Waals surface area contributed by atoms with E-state index in [0.717, 1.165) is 37.9 Å². The van der Waals surface area contributed by atoms with Crippen molar-refractivity contribution in [1.82, 2.24) is 9.80 Å². The van der Waals surface area contributed by atoms with E-state index >= 15 is 0 Å². The van der Waals surface area contributed by atoms with E-state index in [1.807, 2.05) is 40.1 Å². The number of hydrogen-bond acceptors (Lipinski definition) is 3. The molecule has 0 spiro atoms. The smallest absolute Gasteiger partial charge is 0.246 e. The molecule has 0 saturated carbocycles. The number of nitrogens with zero attached hydrogens (tertiary/aromatic N) is 2. The standard InChI is InChI=1S/C21H31N3O2.ClH/c1-16-7-6-12-24(15-16)19(25)17-10-13-23(14-11-17)20(26)21(2,22)18-8-4-3-5-9-18;/h3-5,8-9,16-17H,6-7,10-15,22H2,1-2H3;1H. The zero-order valence-corrected chi connectivity index (χ0v) is 17.2. The fraction of sp³-hybridized carbons (Fsp3) is 0.619. The van der Waals surface area contributed by atoms with Crippen molar-refractivity contribution in [2.45, 2.75) is 45.1 Å². The van der Waals surface area contributed by atoms with Gasteiger partial charge in [-0.3, -0.25) is 9.59 Å². The molecule has 150 valence electrons. The molecule has 0 bridgehead atoms. The van der Waals surface area contributed by atoms with E-state index in [4.69, 9.17) is 5.73 Å². The lowest BCUT2D eigenvalue weighted by Crippen LogP contribution is -2.54. The minimum atomic E-state index is -1.03. The summed E-state index contributed by atoms with van der Waals surface area (Å²) in [5.41, 5.74) is 6.17. The minimum absolute atomic E-state index is 0. The Labute approximate surface area is 168 Å². The second-order valence-electron chi connectivity index (χ2n) is 8.17. The molecule has 3 rings (SSSR count). The summed E-state index contributed by atoms with van der Waals surface area (Å²) >= 11 is 0. The molecule has 2 heterocycles. The van der Waals surface area contributed by atoms with Gasteiger partial charge in [-0.15, -0.1) is 12.4 Å². The average Bonchev–Trinajstić information content (AvgIpc) is 2.67. The normalized spacial score (nSPS) is 23.3. The molecule has 1 aromatic carbocycles. The number of rotatable bonds is 3. The summed E-state index contributed by atoms with van der Waals surface area (Å²) in [6.07, 6.45) is 3.79. The van der Waals surface area contributed by atoms with Crippen LogP contribution in [-0.2, 0) is 15.1 Å². The lowest BCUT2D eigenvalue weighted by atomic mass is 9.88. The van der Waals surface area contributed by atoms with Crippen LogP contribution in [0.25, 0.3) is 0 Å². The molecule has 2 fully saturated rings. The van der Waals surface area contributed by atoms with E-state index in [9.17, 15) is 9.59 Å². The number of carbonyl (C=O) groups is 2. The van der Waals surface area contributed by atoms with Gasteiger partial charge >= 0.3 is 0 Å². The van der Waals surface area contributed by atoms with Crippen molar-refractivity contribution in [3.8, 4) is 0 Å². The Bertz CT molecular complexity index is 642. The molecule has 1 aromatic rings. The topological polar surface area (TPSA) is 66.6 Å². The zero-order valence-electron chi connectivity index (χ0n) is 16.4. The lowest BCUT2D eigenvalue weighted by molar-refractivity contribution is -0.144. The first-order valence-corrected chi connectivity index (χ1v) is 9.82. The van der Waals surface area contributed by atoms with Crippen LogP contribution in [0.2, 0.25) is 0 Å². The van der Waals surface area contributed by atoms with Crippen LogP contribution < -0.4 is 5.73 Å². The molecule has 2 atom stereocenters. The highest BCUT2D eigenvalue weighted by Gasteiger charge is 2.38. The molecule has 2 aliphatic rings. The monoisotopic (exact) mass is 393 g/mol. The van der Waals surface area contributed by atoms with E-state index in [-0.39, 0.29) is 30.1 Å². The van der Waals surface area contributed by atoms with Crippen molar-refractivity contribution in [3.63, 3.8) is 0 Å². The number of likely N-dealkylation sites (tertiary alicyclic amines) is 2. The zero-order chi connectivity index (χ0) is 18.7. The molecular formula is C21H32ClN3O2. The summed E-state index contributed by atoms with van der Waals surface area (Å²) < 4.78 is 0. The Balaban J connectivity index is 0.00000261. The molecule has 2 saturated heterocycles. The van der Waals surface area contributed by atoms with Crippen LogP contribution in [0, 0.1) is 11.8 Å². The van der Waals surface area contributed by atoms with Gasteiger partial charge in [0.15, 0.2) is 0 Å². The fourth-order valence-electron chi connectivity index (χ4n) is 4.21. The third kappa shape index (κ3) is 4.82. The van der Waals surface area contributed by atoms with Gasteiger partial charge in [0.05, 0.1) is 0 Å². The van der Waals surface area contributed by atoms with Gasteiger partial charge in [0.2, 0.25) is 11.8 Å². The number of benzene rings is 1. The summed E-state index contributed by atoms with van der Waals surface area (Å²) in [5, 5.41) is 0.